The average Bonchev–Trinajstić information content (AvgIpc) is 3.03. The maximum absolute atomic E-state index is 15.4. The summed E-state index contributed by atoms with van der Waals surface area (Å²) in [6.45, 7) is 2.24. The van der Waals surface area contributed by atoms with E-state index >= 15 is 4.39 Å². The molecule has 3 saturated carbocycles. The van der Waals surface area contributed by atoms with Gasteiger partial charge in [-0.1, -0.05) is 44.7 Å². The number of unbranched alkanes of at least 4 members (excludes halogenated alkanes) is 2. The molecule has 0 aromatic heterocycles. The summed E-state index contributed by atoms with van der Waals surface area (Å²) in [7, 11) is 0. The van der Waals surface area contributed by atoms with Crippen molar-refractivity contribution in [2.45, 2.75) is 128 Å². The Morgan fingerprint density at radius 2 is 1.33 bits per heavy atom. The Balaban J connectivity index is 1.08. The van der Waals surface area contributed by atoms with Crippen LogP contribution < -0.4 is 4.74 Å². The summed E-state index contributed by atoms with van der Waals surface area (Å²) < 4.78 is 90.7. The van der Waals surface area contributed by atoms with Crippen LogP contribution in [0.15, 0.2) is 36.7 Å². The van der Waals surface area contributed by atoms with Crippen molar-refractivity contribution in [1.29, 1.82) is 0 Å². The summed E-state index contributed by atoms with van der Waals surface area (Å²) in [5, 5.41) is 0. The van der Waals surface area contributed by atoms with Gasteiger partial charge >= 0.3 is 6.11 Å². The number of ether oxygens (including phenoxy) is 1. The second kappa shape index (κ2) is 15.4. The number of benzene rings is 2. The largest absolute Gasteiger partial charge is 0.432 e. The van der Waals surface area contributed by atoms with Crippen LogP contribution in [0.3, 0.4) is 0 Å². The van der Waals surface area contributed by atoms with Crippen molar-refractivity contribution >= 4 is 6.08 Å². The number of hydrogen-bond donors (Lipinski definition) is 0. The van der Waals surface area contributed by atoms with E-state index in [2.05, 4.69) is 13.0 Å². The van der Waals surface area contributed by atoms with Crippen LogP contribution in [0.25, 0.3) is 6.08 Å². The minimum atomic E-state index is -3.57. The second-order valence-corrected chi connectivity index (χ2v) is 14.0. The highest BCUT2D eigenvalue weighted by atomic mass is 19.3. The fraction of sp³-hybridized carbons (Fsp3) is 0.632. The summed E-state index contributed by atoms with van der Waals surface area (Å²) in [4.78, 5) is 0. The molecule has 248 valence electrons. The first-order valence-electron chi connectivity index (χ1n) is 17.3. The summed E-state index contributed by atoms with van der Waals surface area (Å²) >= 11 is 0. The number of rotatable bonds is 11. The fourth-order valence-corrected chi connectivity index (χ4v) is 8.51. The molecule has 5 rings (SSSR count). The predicted molar refractivity (Wildman–Crippen MR) is 167 cm³/mol. The average molecular weight is 635 g/mol. The van der Waals surface area contributed by atoms with E-state index in [1.165, 1.54) is 38.5 Å². The van der Waals surface area contributed by atoms with Gasteiger partial charge in [0.05, 0.1) is 12.2 Å². The SMILES string of the molecule is CCCCCC1CCC(c2ccc(C3CCC(C4CCC(C(F)(F)Oc5cc(F)c(/C=C/F)c(F)c5)CC4)CC3)c(F)c2)CC1. The van der Waals surface area contributed by atoms with Crippen LogP contribution in [0.2, 0.25) is 0 Å². The topological polar surface area (TPSA) is 9.23 Å². The molecule has 0 radical (unpaired) electrons. The summed E-state index contributed by atoms with van der Waals surface area (Å²) in [6.07, 6.45) is 12.6. The molecule has 0 spiro atoms. The van der Waals surface area contributed by atoms with Gasteiger partial charge in [-0.3, -0.25) is 0 Å². The highest BCUT2D eigenvalue weighted by Gasteiger charge is 2.45. The van der Waals surface area contributed by atoms with Crippen LogP contribution in [0, 0.1) is 41.1 Å². The smallest absolute Gasteiger partial charge is 0.400 e. The van der Waals surface area contributed by atoms with E-state index in [1.807, 2.05) is 6.07 Å². The highest BCUT2D eigenvalue weighted by Crippen LogP contribution is 2.48. The molecule has 2 aromatic carbocycles. The number of hydrogen-bond acceptors (Lipinski definition) is 1. The zero-order valence-electron chi connectivity index (χ0n) is 26.5. The second-order valence-electron chi connectivity index (χ2n) is 14.0. The first-order chi connectivity index (χ1) is 21.7. The third-order valence-corrected chi connectivity index (χ3v) is 11.2. The lowest BCUT2D eigenvalue weighted by molar-refractivity contribution is -0.224. The molecule has 45 heavy (non-hydrogen) atoms. The molecule has 0 heterocycles. The molecule has 2 aromatic rings. The van der Waals surface area contributed by atoms with Crippen molar-refractivity contribution in [2.24, 2.45) is 23.7 Å². The van der Waals surface area contributed by atoms with E-state index in [0.29, 0.717) is 48.8 Å². The van der Waals surface area contributed by atoms with Gasteiger partial charge in [0.2, 0.25) is 0 Å². The van der Waals surface area contributed by atoms with Crippen molar-refractivity contribution in [2.75, 3.05) is 0 Å². The molecule has 3 aliphatic rings. The maximum Gasteiger partial charge on any atom is 0.400 e. The third kappa shape index (κ3) is 8.48. The van der Waals surface area contributed by atoms with Gasteiger partial charge in [0.15, 0.2) is 0 Å². The van der Waals surface area contributed by atoms with Gasteiger partial charge < -0.3 is 4.74 Å². The maximum atomic E-state index is 15.4. The van der Waals surface area contributed by atoms with Crippen LogP contribution in [-0.2, 0) is 0 Å². The Bertz CT molecular complexity index is 1240. The zero-order chi connectivity index (χ0) is 32.0. The van der Waals surface area contributed by atoms with E-state index in [9.17, 15) is 22.0 Å². The number of alkyl halides is 2. The van der Waals surface area contributed by atoms with Gasteiger partial charge in [-0.15, -0.1) is 0 Å². The van der Waals surface area contributed by atoms with E-state index in [0.717, 1.165) is 55.6 Å². The van der Waals surface area contributed by atoms with Crippen LogP contribution in [0.4, 0.5) is 26.3 Å². The molecule has 0 atom stereocenters. The minimum Gasteiger partial charge on any atom is -0.432 e. The van der Waals surface area contributed by atoms with Gasteiger partial charge in [-0.05, 0) is 130 Å². The van der Waals surface area contributed by atoms with Crippen molar-refractivity contribution < 1.29 is 31.1 Å². The summed E-state index contributed by atoms with van der Waals surface area (Å²) in [6, 6.07) is 7.30. The van der Waals surface area contributed by atoms with Crippen molar-refractivity contribution in [3.63, 3.8) is 0 Å². The summed E-state index contributed by atoms with van der Waals surface area (Å²) in [5.41, 5.74) is 1.33. The molecule has 0 unspecified atom stereocenters. The first kappa shape index (κ1) is 33.9. The molecule has 0 N–H and O–H groups in total. The lowest BCUT2D eigenvalue weighted by Crippen LogP contribution is -2.38. The summed E-state index contributed by atoms with van der Waals surface area (Å²) in [5.74, 6) is -1.80. The van der Waals surface area contributed by atoms with Crippen LogP contribution in [-0.4, -0.2) is 6.11 Å². The quantitative estimate of drug-likeness (QED) is 0.177. The molecular weight excluding hydrogens is 586 g/mol. The Morgan fingerprint density at radius 1 is 0.733 bits per heavy atom. The Kier molecular flexibility index (Phi) is 11.6. The van der Waals surface area contributed by atoms with E-state index in [1.54, 1.807) is 6.07 Å². The number of halogens is 6. The molecule has 0 amide bonds. The lowest BCUT2D eigenvalue weighted by atomic mass is 9.68. The molecule has 0 bridgehead atoms. The van der Waals surface area contributed by atoms with Crippen LogP contribution >= 0.6 is 0 Å². The fourth-order valence-electron chi connectivity index (χ4n) is 8.51. The molecule has 3 aliphatic carbocycles. The lowest BCUT2D eigenvalue weighted by Gasteiger charge is -2.39. The van der Waals surface area contributed by atoms with Crippen molar-refractivity contribution in [3.8, 4) is 5.75 Å². The molecule has 1 nitrogen and oxygen atoms in total. The van der Waals surface area contributed by atoms with Gasteiger partial charge in [-0.2, -0.15) is 8.78 Å². The van der Waals surface area contributed by atoms with E-state index in [-0.39, 0.29) is 30.9 Å². The first-order valence-corrected chi connectivity index (χ1v) is 17.3. The highest BCUT2D eigenvalue weighted by molar-refractivity contribution is 5.51. The Hall–Kier alpha value is -2.44. The van der Waals surface area contributed by atoms with Crippen LogP contribution in [0.5, 0.6) is 5.75 Å². The standard InChI is InChI=1S/C38H48F6O/c1-2-3-4-5-25-6-8-28(9-7-25)30-16-19-33(35(40)22-30)29-12-10-26(11-13-29)27-14-17-31(18-15-27)38(43,44)45-32-23-36(41)34(20-21-39)37(42)24-32/h16,19-29,31H,2-15,17-18H2,1H3/b21-20+. The normalized spacial score (nSPS) is 28.0. The predicted octanol–water partition coefficient (Wildman–Crippen LogP) is 12.7. The van der Waals surface area contributed by atoms with Crippen molar-refractivity contribution in [3.05, 3.63) is 70.8 Å². The van der Waals surface area contributed by atoms with E-state index in [4.69, 9.17) is 4.74 Å². The van der Waals surface area contributed by atoms with Gasteiger partial charge in [0.25, 0.3) is 0 Å². The third-order valence-electron chi connectivity index (χ3n) is 11.2. The molecule has 3 fully saturated rings. The Morgan fingerprint density at radius 3 is 1.91 bits per heavy atom. The monoisotopic (exact) mass is 634 g/mol. The van der Waals surface area contributed by atoms with Gasteiger partial charge in [0.1, 0.15) is 23.2 Å². The van der Waals surface area contributed by atoms with Gasteiger partial charge in [-0.25, -0.2) is 17.6 Å². The minimum absolute atomic E-state index is 0.0160. The van der Waals surface area contributed by atoms with Crippen molar-refractivity contribution in [1.82, 2.24) is 0 Å². The zero-order valence-corrected chi connectivity index (χ0v) is 26.5. The molecule has 0 aliphatic heterocycles. The molecular formula is C38H48F6O. The molecule has 7 heteroatoms. The Labute approximate surface area is 264 Å². The molecule has 0 saturated heterocycles. The van der Waals surface area contributed by atoms with Gasteiger partial charge in [0, 0.05) is 17.7 Å². The van der Waals surface area contributed by atoms with Crippen LogP contribution in [0.1, 0.15) is 138 Å². The van der Waals surface area contributed by atoms with E-state index < -0.39 is 35.0 Å².